The summed E-state index contributed by atoms with van der Waals surface area (Å²) in [7, 11) is 0. The largest absolute Gasteiger partial charge is 0.480 e. The van der Waals surface area contributed by atoms with Crippen molar-refractivity contribution >= 4 is 12.1 Å². The number of likely N-dealkylation sites (tertiary alicyclic amines) is 1. The van der Waals surface area contributed by atoms with Gasteiger partial charge in [-0.3, -0.25) is 4.90 Å². The van der Waals surface area contributed by atoms with Gasteiger partial charge in [0.1, 0.15) is 12.6 Å². The summed E-state index contributed by atoms with van der Waals surface area (Å²) in [6.07, 6.45) is 4.56. The van der Waals surface area contributed by atoms with Gasteiger partial charge in [-0.15, -0.1) is 0 Å². The Labute approximate surface area is 136 Å². The van der Waals surface area contributed by atoms with E-state index in [2.05, 4.69) is 0 Å². The minimum Gasteiger partial charge on any atom is -0.480 e. The molecule has 1 saturated heterocycles. The fraction of sp³-hybridized carbons (Fsp3) is 0.556. The number of nitrogens with zero attached hydrogens (tertiary/aromatic N) is 1. The zero-order chi connectivity index (χ0) is 16.2. The van der Waals surface area contributed by atoms with Gasteiger partial charge in [-0.05, 0) is 36.7 Å². The van der Waals surface area contributed by atoms with E-state index in [0.29, 0.717) is 18.9 Å². The lowest BCUT2D eigenvalue weighted by atomic mass is 9.87. The quantitative estimate of drug-likeness (QED) is 0.905. The van der Waals surface area contributed by atoms with Crippen LogP contribution >= 0.6 is 0 Å². The average molecular weight is 317 g/mol. The summed E-state index contributed by atoms with van der Waals surface area (Å²) in [4.78, 5) is 25.2. The zero-order valence-electron chi connectivity index (χ0n) is 13.2. The first kappa shape index (κ1) is 15.8. The number of hydrogen-bond donors (Lipinski definition) is 1. The van der Waals surface area contributed by atoms with Crippen LogP contribution in [0.25, 0.3) is 0 Å². The predicted molar refractivity (Wildman–Crippen MR) is 84.8 cm³/mol. The Morgan fingerprint density at radius 1 is 1.13 bits per heavy atom. The number of benzene rings is 1. The van der Waals surface area contributed by atoms with E-state index in [1.165, 1.54) is 17.7 Å². The molecule has 0 radical (unpaired) electrons. The number of ether oxygens (including phenoxy) is 1. The van der Waals surface area contributed by atoms with Crippen molar-refractivity contribution in [1.29, 1.82) is 0 Å². The summed E-state index contributed by atoms with van der Waals surface area (Å²) in [5.41, 5.74) is 0.899. The number of rotatable bonds is 5. The van der Waals surface area contributed by atoms with Crippen LogP contribution in [0.2, 0.25) is 0 Å². The first-order valence-electron chi connectivity index (χ1n) is 8.33. The number of piperidine rings is 1. The molecule has 1 aromatic rings. The molecular formula is C18H23NO4. The van der Waals surface area contributed by atoms with E-state index in [9.17, 15) is 14.7 Å². The fourth-order valence-electron chi connectivity index (χ4n) is 3.33. The molecule has 1 aromatic carbocycles. The van der Waals surface area contributed by atoms with Gasteiger partial charge in [0.15, 0.2) is 0 Å². The second-order valence-corrected chi connectivity index (χ2v) is 6.66. The van der Waals surface area contributed by atoms with Crippen LogP contribution in [0.5, 0.6) is 0 Å². The Bertz CT molecular complexity index is 555. The van der Waals surface area contributed by atoms with Crippen LogP contribution in [-0.2, 0) is 16.1 Å². The van der Waals surface area contributed by atoms with E-state index in [0.717, 1.165) is 24.3 Å². The molecule has 1 aliphatic heterocycles. The maximum absolute atomic E-state index is 12.3. The molecule has 1 heterocycles. The predicted octanol–water partition coefficient (Wildman–Crippen LogP) is 3.29. The van der Waals surface area contributed by atoms with Gasteiger partial charge in [0, 0.05) is 6.54 Å². The first-order chi connectivity index (χ1) is 11.1. The molecule has 1 amide bonds. The lowest BCUT2D eigenvalue weighted by molar-refractivity contribution is -0.144. The fourth-order valence-corrected chi connectivity index (χ4v) is 3.33. The Morgan fingerprint density at radius 2 is 1.87 bits per heavy atom. The average Bonchev–Trinajstić information content (AvgIpc) is 3.37. The summed E-state index contributed by atoms with van der Waals surface area (Å²) in [6.45, 7) is 0.649. The van der Waals surface area contributed by atoms with Crippen molar-refractivity contribution in [3.63, 3.8) is 0 Å². The Kier molecular flexibility index (Phi) is 4.84. The highest BCUT2D eigenvalue weighted by molar-refractivity contribution is 5.80. The maximum atomic E-state index is 12.3. The van der Waals surface area contributed by atoms with E-state index in [4.69, 9.17) is 4.74 Å². The van der Waals surface area contributed by atoms with Crippen molar-refractivity contribution < 1.29 is 19.4 Å². The van der Waals surface area contributed by atoms with E-state index in [1.807, 2.05) is 30.3 Å². The van der Waals surface area contributed by atoms with E-state index >= 15 is 0 Å². The van der Waals surface area contributed by atoms with Gasteiger partial charge in [-0.2, -0.15) is 0 Å². The molecule has 2 atom stereocenters. The summed E-state index contributed by atoms with van der Waals surface area (Å²) >= 11 is 0. The van der Waals surface area contributed by atoms with Gasteiger partial charge >= 0.3 is 12.1 Å². The summed E-state index contributed by atoms with van der Waals surface area (Å²) in [6, 6.07) is 8.67. The number of aliphatic carboxylic acids is 1. The molecule has 5 heteroatoms. The van der Waals surface area contributed by atoms with Crippen molar-refractivity contribution in [1.82, 2.24) is 4.90 Å². The highest BCUT2D eigenvalue weighted by Gasteiger charge is 2.38. The molecule has 124 valence electrons. The lowest BCUT2D eigenvalue weighted by Crippen LogP contribution is -2.50. The lowest BCUT2D eigenvalue weighted by Gasteiger charge is -2.36. The molecule has 23 heavy (non-hydrogen) atoms. The third kappa shape index (κ3) is 4.24. The van der Waals surface area contributed by atoms with Crippen LogP contribution in [0.1, 0.15) is 37.7 Å². The van der Waals surface area contributed by atoms with Crippen LogP contribution in [-0.4, -0.2) is 34.7 Å². The van der Waals surface area contributed by atoms with Crippen molar-refractivity contribution in [3.8, 4) is 0 Å². The Morgan fingerprint density at radius 3 is 2.52 bits per heavy atom. The molecule has 5 nitrogen and oxygen atoms in total. The minimum absolute atomic E-state index is 0.175. The van der Waals surface area contributed by atoms with E-state index < -0.39 is 18.1 Å². The molecular weight excluding hydrogens is 294 g/mol. The minimum atomic E-state index is -0.929. The highest BCUT2D eigenvalue weighted by Crippen LogP contribution is 2.39. The molecule has 0 spiro atoms. The summed E-state index contributed by atoms with van der Waals surface area (Å²) in [5, 5.41) is 9.46. The molecule has 2 fully saturated rings. The normalized spacial score (nSPS) is 24.3. The van der Waals surface area contributed by atoms with Crippen molar-refractivity contribution in [2.75, 3.05) is 6.54 Å². The SMILES string of the molecule is O=C(O)[C@H]1C[C@H](CC2CC2)CCN1C(=O)OCc1ccccc1. The van der Waals surface area contributed by atoms with Crippen LogP contribution in [0.15, 0.2) is 30.3 Å². The van der Waals surface area contributed by atoms with Gasteiger partial charge in [0.2, 0.25) is 0 Å². The second kappa shape index (κ2) is 7.02. The van der Waals surface area contributed by atoms with Crippen molar-refractivity contribution in [2.24, 2.45) is 11.8 Å². The van der Waals surface area contributed by atoms with Gasteiger partial charge in [-0.1, -0.05) is 43.2 Å². The standard InChI is InChI=1S/C18H23NO4/c20-17(21)16-11-15(10-13-6-7-13)8-9-19(16)18(22)23-12-14-4-2-1-3-5-14/h1-5,13,15-16H,6-12H2,(H,20,21)/t15-,16+/m0/s1. The molecule has 0 unspecified atom stereocenters. The molecule has 1 saturated carbocycles. The van der Waals surface area contributed by atoms with Crippen LogP contribution in [0.4, 0.5) is 4.79 Å². The maximum Gasteiger partial charge on any atom is 0.410 e. The number of carboxylic acid groups (broad SMARTS) is 1. The first-order valence-corrected chi connectivity index (χ1v) is 8.33. The topological polar surface area (TPSA) is 66.8 Å². The second-order valence-electron chi connectivity index (χ2n) is 6.66. The molecule has 0 aromatic heterocycles. The number of carbonyl (C=O) groups is 2. The molecule has 1 aliphatic carbocycles. The highest BCUT2D eigenvalue weighted by atomic mass is 16.6. The number of amides is 1. The molecule has 2 aliphatic rings. The van der Waals surface area contributed by atoms with E-state index in [-0.39, 0.29) is 6.61 Å². The van der Waals surface area contributed by atoms with E-state index in [1.54, 1.807) is 0 Å². The summed E-state index contributed by atoms with van der Waals surface area (Å²) < 4.78 is 5.30. The zero-order valence-corrected chi connectivity index (χ0v) is 13.2. The van der Waals surface area contributed by atoms with Crippen LogP contribution < -0.4 is 0 Å². The van der Waals surface area contributed by atoms with Crippen molar-refractivity contribution in [3.05, 3.63) is 35.9 Å². The number of hydrogen-bond acceptors (Lipinski definition) is 3. The third-order valence-electron chi connectivity index (χ3n) is 4.80. The van der Waals surface area contributed by atoms with Gasteiger partial charge in [0.25, 0.3) is 0 Å². The van der Waals surface area contributed by atoms with Crippen LogP contribution in [0, 0.1) is 11.8 Å². The van der Waals surface area contributed by atoms with Gasteiger partial charge in [-0.25, -0.2) is 9.59 Å². The molecule has 1 N–H and O–H groups in total. The Hall–Kier alpha value is -2.04. The van der Waals surface area contributed by atoms with Crippen LogP contribution in [0.3, 0.4) is 0 Å². The Balaban J connectivity index is 1.56. The number of carbonyl (C=O) groups excluding carboxylic acids is 1. The number of carboxylic acids is 1. The monoisotopic (exact) mass is 317 g/mol. The van der Waals surface area contributed by atoms with Gasteiger partial charge in [0.05, 0.1) is 0 Å². The molecule has 3 rings (SSSR count). The summed E-state index contributed by atoms with van der Waals surface area (Å²) in [5.74, 6) is 0.273. The third-order valence-corrected chi connectivity index (χ3v) is 4.80. The molecule has 0 bridgehead atoms. The smallest absolute Gasteiger partial charge is 0.410 e. The van der Waals surface area contributed by atoms with Crippen molar-refractivity contribution in [2.45, 2.75) is 44.8 Å². The van der Waals surface area contributed by atoms with Gasteiger partial charge < -0.3 is 9.84 Å².